The molecule has 1 aromatic carbocycles. The van der Waals surface area contributed by atoms with Gasteiger partial charge in [0.15, 0.2) is 0 Å². The van der Waals surface area contributed by atoms with Gasteiger partial charge in [0.1, 0.15) is 24.7 Å². The van der Waals surface area contributed by atoms with Crippen molar-refractivity contribution < 1.29 is 9.47 Å². The van der Waals surface area contributed by atoms with Gasteiger partial charge in [-0.3, -0.25) is 4.98 Å². The molecule has 0 aliphatic rings. The third-order valence-corrected chi connectivity index (χ3v) is 3.63. The second kappa shape index (κ2) is 7.64. The summed E-state index contributed by atoms with van der Waals surface area (Å²) in [5.41, 5.74) is 1.89. The van der Waals surface area contributed by atoms with Crippen LogP contribution < -0.4 is 9.47 Å². The molecule has 0 aliphatic heterocycles. The molecular weight excluding hydrogens is 386 g/mol. The van der Waals surface area contributed by atoms with E-state index in [4.69, 9.17) is 9.47 Å². The van der Waals surface area contributed by atoms with Gasteiger partial charge in [0.2, 0.25) is 0 Å². The summed E-state index contributed by atoms with van der Waals surface area (Å²) in [6.07, 6.45) is 0. The molecule has 0 saturated carbocycles. The molecule has 3 nitrogen and oxygen atoms in total. The van der Waals surface area contributed by atoms with E-state index in [9.17, 15) is 0 Å². The molecule has 0 fully saturated rings. The van der Waals surface area contributed by atoms with E-state index in [-0.39, 0.29) is 0 Å². The molecule has 0 spiro atoms. The van der Waals surface area contributed by atoms with Crippen LogP contribution in [0.15, 0.2) is 40.9 Å². The van der Waals surface area contributed by atoms with Crippen molar-refractivity contribution in [3.8, 4) is 11.5 Å². The van der Waals surface area contributed by atoms with Crippen LogP contribution >= 0.6 is 31.9 Å². The maximum absolute atomic E-state index is 5.71. The number of halogens is 2. The van der Waals surface area contributed by atoms with Crippen LogP contribution in [0.2, 0.25) is 0 Å². The van der Waals surface area contributed by atoms with E-state index in [1.54, 1.807) is 0 Å². The number of hydrogen-bond donors (Lipinski definition) is 0. The molecule has 2 rings (SSSR count). The largest absolute Gasteiger partial charge is 0.490 e. The number of pyridine rings is 1. The second-order valence-electron chi connectivity index (χ2n) is 4.19. The Morgan fingerprint density at radius 1 is 1.10 bits per heavy atom. The van der Waals surface area contributed by atoms with E-state index in [2.05, 4.69) is 36.8 Å². The van der Waals surface area contributed by atoms with Gasteiger partial charge in [-0.1, -0.05) is 37.9 Å². The molecule has 0 unspecified atom stereocenters. The van der Waals surface area contributed by atoms with Gasteiger partial charge in [0, 0.05) is 15.5 Å². The molecule has 1 heterocycles. The molecule has 0 N–H and O–H groups in total. The van der Waals surface area contributed by atoms with Crippen LogP contribution in [0.5, 0.6) is 11.5 Å². The molecule has 0 atom stereocenters. The Bertz CT molecular complexity index is 576. The Hall–Kier alpha value is -1.07. The molecule has 0 saturated heterocycles. The molecular formula is C15H15Br2NO2. The van der Waals surface area contributed by atoms with Gasteiger partial charge < -0.3 is 9.47 Å². The summed E-state index contributed by atoms with van der Waals surface area (Å²) in [7, 11) is 0. The van der Waals surface area contributed by atoms with Gasteiger partial charge in [0.05, 0.1) is 5.69 Å². The molecule has 0 amide bonds. The minimum atomic E-state index is 0.483. The lowest BCUT2D eigenvalue weighted by Crippen LogP contribution is -2.10. The molecule has 5 heteroatoms. The number of nitrogens with zero attached hydrogens (tertiary/aromatic N) is 1. The fourth-order valence-corrected chi connectivity index (χ4v) is 2.47. The van der Waals surface area contributed by atoms with Crippen molar-refractivity contribution in [3.63, 3.8) is 0 Å². The molecule has 2 aromatic rings. The highest BCUT2D eigenvalue weighted by Gasteiger charge is 2.04. The standard InChI is InChI=1S/C15H15Br2NO2/c1-11-5-6-15(14(10-16)18-11)20-8-7-19-13-4-2-3-12(17)9-13/h2-6,9H,7-8,10H2,1H3. The number of aromatic nitrogens is 1. The first-order valence-electron chi connectivity index (χ1n) is 6.22. The minimum absolute atomic E-state index is 0.483. The lowest BCUT2D eigenvalue weighted by molar-refractivity contribution is 0.215. The summed E-state index contributed by atoms with van der Waals surface area (Å²) >= 11 is 6.83. The van der Waals surface area contributed by atoms with Crippen LogP contribution in [0.25, 0.3) is 0 Å². The Balaban J connectivity index is 1.84. The first kappa shape index (κ1) is 15.3. The van der Waals surface area contributed by atoms with Crippen LogP contribution in [0.4, 0.5) is 0 Å². The number of benzene rings is 1. The zero-order valence-electron chi connectivity index (χ0n) is 11.1. The van der Waals surface area contributed by atoms with Crippen LogP contribution in [0.1, 0.15) is 11.4 Å². The van der Waals surface area contributed by atoms with Gasteiger partial charge >= 0.3 is 0 Å². The highest BCUT2D eigenvalue weighted by atomic mass is 79.9. The van der Waals surface area contributed by atoms with Crippen molar-refractivity contribution in [2.75, 3.05) is 13.2 Å². The monoisotopic (exact) mass is 399 g/mol. The number of ether oxygens (including phenoxy) is 2. The number of hydrogen-bond acceptors (Lipinski definition) is 3. The normalized spacial score (nSPS) is 10.3. The summed E-state index contributed by atoms with van der Waals surface area (Å²) in [5.74, 6) is 1.62. The van der Waals surface area contributed by atoms with Gasteiger partial charge in [-0.25, -0.2) is 0 Å². The Morgan fingerprint density at radius 3 is 2.65 bits per heavy atom. The van der Waals surface area contributed by atoms with E-state index in [1.807, 2.05) is 43.3 Å². The van der Waals surface area contributed by atoms with Crippen LogP contribution in [-0.4, -0.2) is 18.2 Å². The Morgan fingerprint density at radius 2 is 1.90 bits per heavy atom. The SMILES string of the molecule is Cc1ccc(OCCOc2cccc(Br)c2)c(CBr)n1. The molecule has 106 valence electrons. The molecule has 0 aliphatic carbocycles. The Kier molecular flexibility index (Phi) is 5.86. The predicted molar refractivity (Wildman–Crippen MR) is 86.7 cm³/mol. The predicted octanol–water partition coefficient (Wildman–Crippen LogP) is 4.51. The Labute approximate surface area is 135 Å². The zero-order chi connectivity index (χ0) is 14.4. The van der Waals surface area contributed by atoms with E-state index in [0.29, 0.717) is 18.5 Å². The topological polar surface area (TPSA) is 31.4 Å². The molecule has 1 aromatic heterocycles. The summed E-state index contributed by atoms with van der Waals surface area (Å²) in [6.45, 7) is 2.94. The van der Waals surface area contributed by atoms with Gasteiger partial charge in [-0.15, -0.1) is 0 Å². The van der Waals surface area contributed by atoms with E-state index in [0.717, 1.165) is 27.4 Å². The highest BCUT2D eigenvalue weighted by Crippen LogP contribution is 2.20. The third kappa shape index (κ3) is 4.49. The van der Waals surface area contributed by atoms with Crippen LogP contribution in [-0.2, 0) is 5.33 Å². The molecule has 20 heavy (non-hydrogen) atoms. The van der Waals surface area contributed by atoms with Crippen molar-refractivity contribution in [3.05, 3.63) is 52.3 Å². The fraction of sp³-hybridized carbons (Fsp3) is 0.267. The van der Waals surface area contributed by atoms with Crippen molar-refractivity contribution in [1.82, 2.24) is 4.98 Å². The summed E-state index contributed by atoms with van der Waals surface area (Å²) in [4.78, 5) is 4.42. The van der Waals surface area contributed by atoms with Gasteiger partial charge in [0.25, 0.3) is 0 Å². The van der Waals surface area contributed by atoms with Gasteiger partial charge in [-0.05, 0) is 37.3 Å². The van der Waals surface area contributed by atoms with E-state index < -0.39 is 0 Å². The smallest absolute Gasteiger partial charge is 0.141 e. The van der Waals surface area contributed by atoms with Crippen molar-refractivity contribution in [2.45, 2.75) is 12.3 Å². The maximum atomic E-state index is 5.71. The number of rotatable bonds is 6. The lowest BCUT2D eigenvalue weighted by Gasteiger charge is -2.11. The van der Waals surface area contributed by atoms with Crippen molar-refractivity contribution >= 4 is 31.9 Å². The van der Waals surface area contributed by atoms with Crippen LogP contribution in [0.3, 0.4) is 0 Å². The second-order valence-corrected chi connectivity index (χ2v) is 5.66. The fourth-order valence-electron chi connectivity index (χ4n) is 1.69. The summed E-state index contributed by atoms with van der Waals surface area (Å²) in [5, 5.41) is 0.677. The number of aryl methyl sites for hydroxylation is 1. The van der Waals surface area contributed by atoms with E-state index >= 15 is 0 Å². The first-order valence-corrected chi connectivity index (χ1v) is 8.14. The first-order chi connectivity index (χ1) is 9.69. The highest BCUT2D eigenvalue weighted by molar-refractivity contribution is 9.10. The summed E-state index contributed by atoms with van der Waals surface area (Å²) in [6, 6.07) is 11.6. The molecule has 0 radical (unpaired) electrons. The summed E-state index contributed by atoms with van der Waals surface area (Å²) < 4.78 is 12.3. The quantitative estimate of drug-likeness (QED) is 0.528. The molecule has 0 bridgehead atoms. The average molecular weight is 401 g/mol. The number of alkyl halides is 1. The van der Waals surface area contributed by atoms with Crippen molar-refractivity contribution in [1.29, 1.82) is 0 Å². The van der Waals surface area contributed by atoms with Crippen molar-refractivity contribution in [2.24, 2.45) is 0 Å². The maximum Gasteiger partial charge on any atom is 0.141 e. The zero-order valence-corrected chi connectivity index (χ0v) is 14.3. The third-order valence-electron chi connectivity index (χ3n) is 2.60. The average Bonchev–Trinajstić information content (AvgIpc) is 2.45. The van der Waals surface area contributed by atoms with E-state index in [1.165, 1.54) is 0 Å². The van der Waals surface area contributed by atoms with Crippen LogP contribution in [0, 0.1) is 6.92 Å². The van der Waals surface area contributed by atoms with Gasteiger partial charge in [-0.2, -0.15) is 0 Å². The lowest BCUT2D eigenvalue weighted by atomic mass is 10.3. The minimum Gasteiger partial charge on any atom is -0.490 e.